The standard InChI is InChI=1S/C22H26FN3O2/c1-2-12-25(22(28)24-20-9-5-8-19(23)15-20)14-11-21(27)26-13-10-17-6-3-4-7-18(17)16-26/h3-9,15H,2,10-14,16H2,1H3,(H,24,28). The lowest BCUT2D eigenvalue weighted by atomic mass is 10.00. The third kappa shape index (κ3) is 5.09. The molecule has 0 unspecified atom stereocenters. The minimum atomic E-state index is -0.402. The van der Waals surface area contributed by atoms with Crippen LogP contribution in [0.15, 0.2) is 48.5 Å². The number of rotatable bonds is 6. The van der Waals surface area contributed by atoms with Crippen LogP contribution in [0.4, 0.5) is 14.9 Å². The van der Waals surface area contributed by atoms with E-state index in [0.717, 1.165) is 12.8 Å². The summed E-state index contributed by atoms with van der Waals surface area (Å²) in [6.07, 6.45) is 1.92. The van der Waals surface area contributed by atoms with E-state index in [1.807, 2.05) is 24.0 Å². The molecule has 1 aliphatic rings. The Bertz CT molecular complexity index is 840. The molecule has 5 nitrogen and oxygen atoms in total. The Labute approximate surface area is 165 Å². The minimum Gasteiger partial charge on any atom is -0.338 e. The number of urea groups is 1. The van der Waals surface area contributed by atoms with Gasteiger partial charge in [-0.2, -0.15) is 0 Å². The predicted octanol–water partition coefficient (Wildman–Crippen LogP) is 4.04. The molecule has 3 amide bonds. The maximum Gasteiger partial charge on any atom is 0.321 e. The maximum atomic E-state index is 13.3. The van der Waals surface area contributed by atoms with Gasteiger partial charge in [0.15, 0.2) is 0 Å². The van der Waals surface area contributed by atoms with Crippen LogP contribution in [0.1, 0.15) is 30.9 Å². The van der Waals surface area contributed by atoms with E-state index < -0.39 is 5.82 Å². The molecule has 0 radical (unpaired) electrons. The molecule has 0 saturated heterocycles. The van der Waals surface area contributed by atoms with E-state index in [1.54, 1.807) is 17.0 Å². The van der Waals surface area contributed by atoms with Crippen molar-refractivity contribution in [3.05, 3.63) is 65.5 Å². The molecule has 2 aromatic rings. The van der Waals surface area contributed by atoms with Crippen molar-refractivity contribution < 1.29 is 14.0 Å². The number of carbonyl (C=O) groups excluding carboxylic acids is 2. The Kier molecular flexibility index (Phi) is 6.63. The summed E-state index contributed by atoms with van der Waals surface area (Å²) in [4.78, 5) is 28.7. The highest BCUT2D eigenvalue weighted by molar-refractivity contribution is 5.89. The van der Waals surface area contributed by atoms with Crippen LogP contribution in [0.2, 0.25) is 0 Å². The van der Waals surface area contributed by atoms with E-state index in [2.05, 4.69) is 17.4 Å². The molecule has 148 valence electrons. The van der Waals surface area contributed by atoms with E-state index in [4.69, 9.17) is 0 Å². The second-order valence-electron chi connectivity index (χ2n) is 7.01. The molecule has 28 heavy (non-hydrogen) atoms. The van der Waals surface area contributed by atoms with Crippen LogP contribution in [0.5, 0.6) is 0 Å². The van der Waals surface area contributed by atoms with Crippen LogP contribution in [0, 0.1) is 5.82 Å². The highest BCUT2D eigenvalue weighted by Gasteiger charge is 2.22. The van der Waals surface area contributed by atoms with Gasteiger partial charge in [-0.05, 0) is 42.2 Å². The van der Waals surface area contributed by atoms with Crippen molar-refractivity contribution in [2.75, 3.05) is 25.0 Å². The number of amides is 3. The Balaban J connectivity index is 1.55. The van der Waals surface area contributed by atoms with Gasteiger partial charge in [-0.3, -0.25) is 4.79 Å². The second kappa shape index (κ2) is 9.35. The van der Waals surface area contributed by atoms with Crippen LogP contribution in [0.25, 0.3) is 0 Å². The number of carbonyl (C=O) groups is 2. The van der Waals surface area contributed by atoms with E-state index in [1.165, 1.54) is 23.3 Å². The first-order valence-corrected chi connectivity index (χ1v) is 9.73. The number of fused-ring (bicyclic) bond motifs is 1. The first-order chi connectivity index (χ1) is 13.6. The number of nitrogens with zero attached hydrogens (tertiary/aromatic N) is 2. The molecule has 6 heteroatoms. The van der Waals surface area contributed by atoms with Gasteiger partial charge in [-0.25, -0.2) is 9.18 Å². The van der Waals surface area contributed by atoms with Crippen molar-refractivity contribution in [2.45, 2.75) is 32.7 Å². The largest absolute Gasteiger partial charge is 0.338 e. The first kappa shape index (κ1) is 19.9. The van der Waals surface area contributed by atoms with Gasteiger partial charge in [0, 0.05) is 38.3 Å². The highest BCUT2D eigenvalue weighted by Crippen LogP contribution is 2.19. The van der Waals surface area contributed by atoms with E-state index in [9.17, 15) is 14.0 Å². The van der Waals surface area contributed by atoms with Gasteiger partial charge in [0.2, 0.25) is 5.91 Å². The summed E-state index contributed by atoms with van der Waals surface area (Å²) >= 11 is 0. The number of halogens is 1. The molecular formula is C22H26FN3O2. The van der Waals surface area contributed by atoms with Crippen molar-refractivity contribution >= 4 is 17.6 Å². The Hall–Kier alpha value is -2.89. The molecule has 0 bridgehead atoms. The van der Waals surface area contributed by atoms with Crippen molar-refractivity contribution in [3.63, 3.8) is 0 Å². The fourth-order valence-corrected chi connectivity index (χ4v) is 3.45. The molecular weight excluding hydrogens is 357 g/mol. The zero-order valence-electron chi connectivity index (χ0n) is 16.2. The van der Waals surface area contributed by atoms with Gasteiger partial charge in [0.05, 0.1) is 0 Å². The first-order valence-electron chi connectivity index (χ1n) is 9.73. The fourth-order valence-electron chi connectivity index (χ4n) is 3.45. The van der Waals surface area contributed by atoms with Crippen molar-refractivity contribution in [3.8, 4) is 0 Å². The quantitative estimate of drug-likeness (QED) is 0.818. The molecule has 0 atom stereocenters. The molecule has 2 aromatic carbocycles. The van der Waals surface area contributed by atoms with E-state index >= 15 is 0 Å². The average Bonchev–Trinajstić information content (AvgIpc) is 2.70. The van der Waals surface area contributed by atoms with Gasteiger partial charge in [-0.1, -0.05) is 37.3 Å². The van der Waals surface area contributed by atoms with Crippen LogP contribution in [-0.4, -0.2) is 41.4 Å². The Morgan fingerprint density at radius 3 is 2.64 bits per heavy atom. The summed E-state index contributed by atoms with van der Waals surface area (Å²) < 4.78 is 13.3. The normalized spacial score (nSPS) is 13.0. The monoisotopic (exact) mass is 383 g/mol. The molecule has 3 rings (SSSR count). The Morgan fingerprint density at radius 2 is 1.89 bits per heavy atom. The molecule has 0 aromatic heterocycles. The summed E-state index contributed by atoms with van der Waals surface area (Å²) in [6, 6.07) is 13.7. The predicted molar refractivity (Wildman–Crippen MR) is 107 cm³/mol. The summed E-state index contributed by atoms with van der Waals surface area (Å²) in [5, 5.41) is 2.71. The van der Waals surface area contributed by atoms with Gasteiger partial charge < -0.3 is 15.1 Å². The van der Waals surface area contributed by atoms with Crippen LogP contribution in [-0.2, 0) is 17.8 Å². The summed E-state index contributed by atoms with van der Waals surface area (Å²) in [5.74, 6) is -0.352. The van der Waals surface area contributed by atoms with Crippen LogP contribution < -0.4 is 5.32 Å². The highest BCUT2D eigenvalue weighted by atomic mass is 19.1. The number of benzene rings is 2. The third-order valence-corrected chi connectivity index (χ3v) is 4.94. The number of hydrogen-bond donors (Lipinski definition) is 1. The number of anilines is 1. The lowest BCUT2D eigenvalue weighted by Gasteiger charge is -2.30. The second-order valence-corrected chi connectivity index (χ2v) is 7.01. The van der Waals surface area contributed by atoms with Gasteiger partial charge in [0.1, 0.15) is 5.82 Å². The number of nitrogens with one attached hydrogen (secondary N) is 1. The lowest BCUT2D eigenvalue weighted by Crippen LogP contribution is -2.41. The smallest absolute Gasteiger partial charge is 0.321 e. The van der Waals surface area contributed by atoms with Crippen molar-refractivity contribution in [1.29, 1.82) is 0 Å². The Morgan fingerprint density at radius 1 is 1.11 bits per heavy atom. The zero-order valence-corrected chi connectivity index (χ0v) is 16.2. The van der Waals surface area contributed by atoms with E-state index in [0.29, 0.717) is 31.9 Å². The average molecular weight is 383 g/mol. The topological polar surface area (TPSA) is 52.7 Å². The van der Waals surface area contributed by atoms with Gasteiger partial charge >= 0.3 is 6.03 Å². The summed E-state index contributed by atoms with van der Waals surface area (Å²) in [6.45, 7) is 4.19. The molecule has 1 aliphatic heterocycles. The molecule has 0 spiro atoms. The zero-order chi connectivity index (χ0) is 19.9. The minimum absolute atomic E-state index is 0.0501. The summed E-state index contributed by atoms with van der Waals surface area (Å²) in [7, 11) is 0. The van der Waals surface area contributed by atoms with Crippen LogP contribution >= 0.6 is 0 Å². The van der Waals surface area contributed by atoms with Crippen LogP contribution in [0.3, 0.4) is 0 Å². The van der Waals surface area contributed by atoms with E-state index in [-0.39, 0.29) is 18.4 Å². The number of hydrogen-bond acceptors (Lipinski definition) is 2. The lowest BCUT2D eigenvalue weighted by molar-refractivity contribution is -0.132. The maximum absolute atomic E-state index is 13.3. The van der Waals surface area contributed by atoms with Crippen molar-refractivity contribution in [1.82, 2.24) is 9.80 Å². The van der Waals surface area contributed by atoms with Crippen molar-refractivity contribution in [2.24, 2.45) is 0 Å². The summed E-state index contributed by atoms with van der Waals surface area (Å²) in [5.41, 5.74) is 2.90. The van der Waals surface area contributed by atoms with Gasteiger partial charge in [0.25, 0.3) is 0 Å². The third-order valence-electron chi connectivity index (χ3n) is 4.94. The molecule has 1 N–H and O–H groups in total. The fraction of sp³-hybridized carbons (Fsp3) is 0.364. The molecule has 1 heterocycles. The molecule has 0 fully saturated rings. The SMILES string of the molecule is CCCN(CCC(=O)N1CCc2ccccc2C1)C(=O)Nc1cccc(F)c1. The van der Waals surface area contributed by atoms with Gasteiger partial charge in [-0.15, -0.1) is 0 Å². The molecule has 0 saturated carbocycles. The molecule has 0 aliphatic carbocycles.